The number of benzene rings is 1. The topological polar surface area (TPSA) is 85.9 Å². The Balaban J connectivity index is 1.13. The van der Waals surface area contributed by atoms with Gasteiger partial charge in [-0.25, -0.2) is 14.4 Å². The molecule has 0 amide bonds. The number of hydrogen-bond acceptors (Lipinski definition) is 8. The van der Waals surface area contributed by atoms with Gasteiger partial charge in [-0.15, -0.1) is 17.9 Å². The Morgan fingerprint density at radius 3 is 2.82 bits per heavy atom. The molecule has 4 aromatic heterocycles. The summed E-state index contributed by atoms with van der Waals surface area (Å²) in [6.45, 7) is 11.2. The van der Waals surface area contributed by atoms with Gasteiger partial charge in [0.15, 0.2) is 0 Å². The van der Waals surface area contributed by atoms with Crippen LogP contribution < -0.4 is 5.32 Å². The Bertz CT molecular complexity index is 1890. The molecule has 0 spiro atoms. The number of fused-ring (bicyclic) bond motifs is 6. The summed E-state index contributed by atoms with van der Waals surface area (Å²) >= 11 is 1.72. The van der Waals surface area contributed by atoms with Gasteiger partial charge < -0.3 is 10.1 Å². The molecule has 0 saturated carbocycles. The second-order valence-electron chi connectivity index (χ2n) is 11.2. The maximum absolute atomic E-state index is 13.7. The Labute approximate surface area is 259 Å². The second-order valence-corrected chi connectivity index (χ2v) is 12.2. The summed E-state index contributed by atoms with van der Waals surface area (Å²) in [5, 5.41) is 15.0. The van der Waals surface area contributed by atoms with Crippen molar-refractivity contribution >= 4 is 44.0 Å². The maximum atomic E-state index is 13.7. The van der Waals surface area contributed by atoms with E-state index >= 15 is 0 Å². The predicted molar refractivity (Wildman–Crippen MR) is 174 cm³/mol. The summed E-state index contributed by atoms with van der Waals surface area (Å²) in [5.41, 5.74) is 6.57. The fourth-order valence-corrected chi connectivity index (χ4v) is 7.39. The van der Waals surface area contributed by atoms with Gasteiger partial charge >= 0.3 is 0 Å². The Kier molecular flexibility index (Phi) is 8.07. The number of allylic oxidation sites excluding steroid dienone is 5. The molecular weight excluding hydrogens is 575 g/mol. The molecule has 7 rings (SSSR count). The number of nitrogens with zero attached hydrogens (tertiary/aromatic N) is 7. The van der Waals surface area contributed by atoms with E-state index in [1.807, 2.05) is 35.3 Å². The first kappa shape index (κ1) is 28.6. The van der Waals surface area contributed by atoms with Gasteiger partial charge in [-0.05, 0) is 61.6 Å². The summed E-state index contributed by atoms with van der Waals surface area (Å²) in [4.78, 5) is 14.0. The van der Waals surface area contributed by atoms with E-state index in [-0.39, 0.29) is 5.83 Å². The van der Waals surface area contributed by atoms with Crippen LogP contribution in [0, 0.1) is 0 Å². The minimum atomic E-state index is -0.233. The number of morpholine rings is 1. The molecule has 226 valence electrons. The molecule has 0 unspecified atom stereocenters. The van der Waals surface area contributed by atoms with Crippen LogP contribution in [0.1, 0.15) is 24.6 Å². The van der Waals surface area contributed by atoms with Gasteiger partial charge in [0.05, 0.1) is 55.4 Å². The largest absolute Gasteiger partial charge is 0.379 e. The zero-order valence-electron chi connectivity index (χ0n) is 24.8. The van der Waals surface area contributed by atoms with E-state index in [9.17, 15) is 4.39 Å². The van der Waals surface area contributed by atoms with Crippen molar-refractivity contribution in [3.8, 4) is 10.4 Å². The molecule has 1 aliphatic carbocycles. The van der Waals surface area contributed by atoms with Crippen LogP contribution in [-0.4, -0.2) is 67.3 Å². The molecule has 1 fully saturated rings. The molecule has 9 nitrogen and oxygen atoms in total. The molecule has 5 aromatic rings. The fourth-order valence-electron chi connectivity index (χ4n) is 6.16. The molecule has 1 aromatic carbocycles. The van der Waals surface area contributed by atoms with Gasteiger partial charge in [0.2, 0.25) is 0 Å². The SMILES string of the molecule is C=CC/C=C(\C=C(/C)F)Cn1ncc2cc(Nc3ncnc4sc5c(c34)CCc3c-5cnn3CCN3CCOCC3)ccc21. The minimum Gasteiger partial charge on any atom is -0.379 e. The summed E-state index contributed by atoms with van der Waals surface area (Å²) in [6, 6.07) is 6.15. The molecule has 2 aliphatic rings. The van der Waals surface area contributed by atoms with Crippen LogP contribution in [0.4, 0.5) is 15.9 Å². The van der Waals surface area contributed by atoms with E-state index < -0.39 is 0 Å². The van der Waals surface area contributed by atoms with Gasteiger partial charge in [0, 0.05) is 46.8 Å². The van der Waals surface area contributed by atoms with E-state index in [1.54, 1.807) is 29.8 Å². The number of ether oxygens (including phenoxy) is 1. The first-order valence-electron chi connectivity index (χ1n) is 15.0. The lowest BCUT2D eigenvalue weighted by atomic mass is 9.95. The van der Waals surface area contributed by atoms with Crippen LogP contribution in [0.2, 0.25) is 0 Å². The van der Waals surface area contributed by atoms with Gasteiger partial charge in [0.25, 0.3) is 0 Å². The molecule has 0 atom stereocenters. The average molecular weight is 611 g/mol. The van der Waals surface area contributed by atoms with E-state index in [0.29, 0.717) is 13.0 Å². The third-order valence-corrected chi connectivity index (χ3v) is 9.47. The summed E-state index contributed by atoms with van der Waals surface area (Å²) < 4.78 is 23.3. The van der Waals surface area contributed by atoms with E-state index in [1.165, 1.54) is 28.6 Å². The van der Waals surface area contributed by atoms with E-state index in [2.05, 4.69) is 42.6 Å². The summed E-state index contributed by atoms with van der Waals surface area (Å²) in [6.07, 6.45) is 13.4. The highest BCUT2D eigenvalue weighted by atomic mass is 32.1. The number of halogens is 1. The molecule has 11 heteroatoms. The van der Waals surface area contributed by atoms with E-state index in [4.69, 9.17) is 9.84 Å². The first-order valence-corrected chi connectivity index (χ1v) is 15.9. The van der Waals surface area contributed by atoms with Crippen molar-refractivity contribution < 1.29 is 9.13 Å². The second kappa shape index (κ2) is 12.4. The number of rotatable bonds is 10. The van der Waals surface area contributed by atoms with Crippen LogP contribution in [0.15, 0.2) is 73.1 Å². The van der Waals surface area contributed by atoms with E-state index in [0.717, 1.165) is 90.4 Å². The molecule has 0 radical (unpaired) electrons. The standard InChI is InChI=1S/C33H35FN8OS/c1-3-4-5-23(16-22(2)34)20-42-28-8-6-25(17-24(28)18-37-42)39-32-30-26-7-9-29-27(31(26)44-33(30)36-21-35-32)19-38-41(29)11-10-40-12-14-43-15-13-40/h3,5-6,8,16-19,21H,1,4,7,9-15,20H2,2H3,(H,35,36,39)/b22-16+,23-5+. The van der Waals surface area contributed by atoms with Crippen LogP contribution in [0.3, 0.4) is 0 Å². The number of aryl methyl sites for hydroxylation is 1. The minimum absolute atomic E-state index is 0.233. The third kappa shape index (κ3) is 5.70. The number of nitrogens with one attached hydrogen (secondary N) is 1. The quantitative estimate of drug-likeness (QED) is 0.144. The monoisotopic (exact) mass is 610 g/mol. The van der Waals surface area contributed by atoms with Crippen LogP contribution in [0.25, 0.3) is 31.6 Å². The van der Waals surface area contributed by atoms with Crippen LogP contribution in [0.5, 0.6) is 0 Å². The van der Waals surface area contributed by atoms with Crippen molar-refractivity contribution in [1.82, 2.24) is 34.4 Å². The molecular formula is C33H35FN8OS. The molecule has 0 bridgehead atoms. The lowest BCUT2D eigenvalue weighted by Gasteiger charge is -2.26. The smallest absolute Gasteiger partial charge is 0.142 e. The maximum Gasteiger partial charge on any atom is 0.142 e. The van der Waals surface area contributed by atoms with Crippen molar-refractivity contribution in [3.63, 3.8) is 0 Å². The molecule has 44 heavy (non-hydrogen) atoms. The highest BCUT2D eigenvalue weighted by Gasteiger charge is 2.27. The molecule has 1 aliphatic heterocycles. The Morgan fingerprint density at radius 2 is 1.98 bits per heavy atom. The zero-order chi connectivity index (χ0) is 30.0. The highest BCUT2D eigenvalue weighted by Crippen LogP contribution is 2.45. The molecule has 5 heterocycles. The fraction of sp³-hybridized carbons (Fsp3) is 0.333. The predicted octanol–water partition coefficient (Wildman–Crippen LogP) is 6.45. The Morgan fingerprint density at radius 1 is 1.11 bits per heavy atom. The van der Waals surface area contributed by atoms with Crippen molar-refractivity contribution in [1.29, 1.82) is 0 Å². The van der Waals surface area contributed by atoms with Gasteiger partial charge in [0.1, 0.15) is 17.0 Å². The summed E-state index contributed by atoms with van der Waals surface area (Å²) in [7, 11) is 0. The number of hydrogen-bond donors (Lipinski definition) is 1. The molecule has 1 saturated heterocycles. The van der Waals surface area contributed by atoms with Crippen molar-refractivity contribution in [2.45, 2.75) is 39.3 Å². The first-order chi connectivity index (χ1) is 21.6. The number of aromatic nitrogens is 6. The highest BCUT2D eigenvalue weighted by molar-refractivity contribution is 7.22. The number of anilines is 2. The lowest BCUT2D eigenvalue weighted by molar-refractivity contribution is 0.0359. The number of thiophene rings is 1. The third-order valence-electron chi connectivity index (χ3n) is 8.29. The van der Waals surface area contributed by atoms with Gasteiger partial charge in [-0.3, -0.25) is 14.3 Å². The van der Waals surface area contributed by atoms with Crippen molar-refractivity contribution in [2.24, 2.45) is 0 Å². The summed E-state index contributed by atoms with van der Waals surface area (Å²) in [5.74, 6) is 0.574. The van der Waals surface area contributed by atoms with Crippen molar-refractivity contribution in [3.05, 3.63) is 84.4 Å². The van der Waals surface area contributed by atoms with Crippen LogP contribution in [-0.2, 0) is 30.7 Å². The zero-order valence-corrected chi connectivity index (χ0v) is 25.6. The van der Waals surface area contributed by atoms with Gasteiger partial charge in [-0.1, -0.05) is 12.2 Å². The van der Waals surface area contributed by atoms with Crippen molar-refractivity contribution in [2.75, 3.05) is 38.2 Å². The lowest BCUT2D eigenvalue weighted by Crippen LogP contribution is -2.38. The average Bonchev–Trinajstić information content (AvgIpc) is 3.74. The normalized spacial score (nSPS) is 16.0. The van der Waals surface area contributed by atoms with Gasteiger partial charge in [-0.2, -0.15) is 10.2 Å². The molecule has 1 N–H and O–H groups in total. The van der Waals surface area contributed by atoms with Crippen LogP contribution >= 0.6 is 11.3 Å². The Hall–Kier alpha value is -4.19.